The second-order valence-corrected chi connectivity index (χ2v) is 8.03. The standard InChI is InChI=1S/C24H28N2O4/c1-17-3-5-18(6-4-17)15-21(23(29)25-13-14-27)26-22(28)19-7-9-20(10-8-19)30-16-24(2)11-12-24/h3-10,15,27H,11-14,16H2,1-2H3,(H,25,29)(H,26,28)/b21-15-. The van der Waals surface area contributed by atoms with Crippen LogP contribution in [0, 0.1) is 12.3 Å². The Hall–Kier alpha value is -3.12. The highest BCUT2D eigenvalue weighted by Crippen LogP contribution is 2.45. The summed E-state index contributed by atoms with van der Waals surface area (Å²) in [5.74, 6) is -0.139. The van der Waals surface area contributed by atoms with Crippen molar-refractivity contribution in [3.8, 4) is 5.75 Å². The molecule has 0 bridgehead atoms. The first-order valence-corrected chi connectivity index (χ1v) is 10.1. The first-order chi connectivity index (χ1) is 14.4. The topological polar surface area (TPSA) is 87.7 Å². The van der Waals surface area contributed by atoms with E-state index >= 15 is 0 Å². The van der Waals surface area contributed by atoms with Crippen molar-refractivity contribution in [3.05, 3.63) is 70.9 Å². The van der Waals surface area contributed by atoms with Crippen LogP contribution in [-0.4, -0.2) is 36.7 Å². The molecule has 3 rings (SSSR count). The van der Waals surface area contributed by atoms with E-state index in [1.807, 2.05) is 31.2 Å². The van der Waals surface area contributed by atoms with Crippen molar-refractivity contribution >= 4 is 17.9 Å². The molecule has 1 fully saturated rings. The zero-order valence-corrected chi connectivity index (χ0v) is 17.4. The Morgan fingerprint density at radius 1 is 1.10 bits per heavy atom. The van der Waals surface area contributed by atoms with Crippen LogP contribution in [-0.2, 0) is 4.79 Å². The molecular weight excluding hydrogens is 380 g/mol. The van der Waals surface area contributed by atoms with Gasteiger partial charge in [0.05, 0.1) is 13.2 Å². The largest absolute Gasteiger partial charge is 0.493 e. The second-order valence-electron chi connectivity index (χ2n) is 8.03. The Bertz CT molecular complexity index is 913. The van der Waals surface area contributed by atoms with Crippen molar-refractivity contribution in [2.24, 2.45) is 5.41 Å². The van der Waals surface area contributed by atoms with Gasteiger partial charge in [0.2, 0.25) is 0 Å². The van der Waals surface area contributed by atoms with Crippen molar-refractivity contribution in [3.63, 3.8) is 0 Å². The van der Waals surface area contributed by atoms with E-state index in [1.165, 1.54) is 12.8 Å². The minimum atomic E-state index is -0.462. The zero-order chi connectivity index (χ0) is 21.6. The number of hydrogen-bond donors (Lipinski definition) is 3. The lowest BCUT2D eigenvalue weighted by Gasteiger charge is -2.12. The van der Waals surface area contributed by atoms with E-state index < -0.39 is 11.8 Å². The number of ether oxygens (including phenoxy) is 1. The predicted octanol–water partition coefficient (Wildman–Crippen LogP) is 3.05. The molecule has 2 aromatic rings. The molecule has 1 aliphatic rings. The zero-order valence-electron chi connectivity index (χ0n) is 17.4. The summed E-state index contributed by atoms with van der Waals surface area (Å²) in [7, 11) is 0. The summed E-state index contributed by atoms with van der Waals surface area (Å²) in [5, 5.41) is 14.2. The first kappa shape index (κ1) is 21.6. The maximum Gasteiger partial charge on any atom is 0.267 e. The number of carbonyl (C=O) groups is 2. The number of aryl methyl sites for hydroxylation is 1. The highest BCUT2D eigenvalue weighted by Gasteiger charge is 2.38. The molecule has 0 radical (unpaired) electrons. The van der Waals surface area contributed by atoms with Gasteiger partial charge in [0.25, 0.3) is 11.8 Å². The average molecular weight is 408 g/mol. The summed E-state index contributed by atoms with van der Waals surface area (Å²) < 4.78 is 5.79. The predicted molar refractivity (Wildman–Crippen MR) is 116 cm³/mol. The third-order valence-corrected chi connectivity index (χ3v) is 5.09. The summed E-state index contributed by atoms with van der Waals surface area (Å²) in [6.45, 7) is 4.76. The van der Waals surface area contributed by atoms with Gasteiger partial charge in [-0.1, -0.05) is 36.8 Å². The van der Waals surface area contributed by atoms with E-state index in [-0.39, 0.29) is 24.3 Å². The van der Waals surface area contributed by atoms with Gasteiger partial charge in [-0.2, -0.15) is 0 Å². The van der Waals surface area contributed by atoms with Crippen LogP contribution in [0.4, 0.5) is 0 Å². The number of hydrogen-bond acceptors (Lipinski definition) is 4. The molecule has 2 amide bonds. The summed E-state index contributed by atoms with van der Waals surface area (Å²) in [5.41, 5.74) is 2.70. The maximum atomic E-state index is 12.7. The van der Waals surface area contributed by atoms with Gasteiger partial charge in [0.15, 0.2) is 0 Å². The molecule has 0 unspecified atom stereocenters. The SMILES string of the molecule is Cc1ccc(/C=C(\NC(=O)c2ccc(OCC3(C)CC3)cc2)C(=O)NCCO)cc1. The number of nitrogens with one attached hydrogen (secondary N) is 2. The second kappa shape index (κ2) is 9.59. The molecule has 1 saturated carbocycles. The van der Waals surface area contributed by atoms with Crippen molar-refractivity contribution in [1.29, 1.82) is 0 Å². The molecular formula is C24H28N2O4. The highest BCUT2D eigenvalue weighted by molar-refractivity contribution is 6.05. The molecule has 0 atom stereocenters. The highest BCUT2D eigenvalue weighted by atomic mass is 16.5. The molecule has 0 heterocycles. The molecule has 2 aromatic carbocycles. The van der Waals surface area contributed by atoms with E-state index in [0.29, 0.717) is 12.2 Å². The summed E-state index contributed by atoms with van der Waals surface area (Å²) in [4.78, 5) is 25.1. The fourth-order valence-corrected chi connectivity index (χ4v) is 2.76. The smallest absolute Gasteiger partial charge is 0.267 e. The van der Waals surface area contributed by atoms with Gasteiger partial charge in [0, 0.05) is 17.5 Å². The number of amides is 2. The first-order valence-electron chi connectivity index (χ1n) is 10.1. The molecule has 0 aliphatic heterocycles. The Kier molecular flexibility index (Phi) is 6.90. The van der Waals surface area contributed by atoms with Crippen LogP contribution in [0.15, 0.2) is 54.2 Å². The van der Waals surface area contributed by atoms with E-state index in [0.717, 1.165) is 16.9 Å². The van der Waals surface area contributed by atoms with Crippen molar-refractivity contribution in [2.45, 2.75) is 26.7 Å². The lowest BCUT2D eigenvalue weighted by atomic mass is 10.1. The fourth-order valence-electron chi connectivity index (χ4n) is 2.76. The van der Waals surface area contributed by atoms with Gasteiger partial charge >= 0.3 is 0 Å². The van der Waals surface area contributed by atoms with Crippen molar-refractivity contribution in [2.75, 3.05) is 19.8 Å². The van der Waals surface area contributed by atoms with E-state index in [2.05, 4.69) is 17.6 Å². The molecule has 30 heavy (non-hydrogen) atoms. The summed E-state index contributed by atoms with van der Waals surface area (Å²) in [6.07, 6.45) is 3.97. The van der Waals surface area contributed by atoms with Gasteiger partial charge in [-0.15, -0.1) is 0 Å². The van der Waals surface area contributed by atoms with Gasteiger partial charge < -0.3 is 20.5 Å². The molecule has 0 spiro atoms. The Labute approximate surface area is 177 Å². The number of aliphatic hydroxyl groups is 1. The molecule has 3 N–H and O–H groups in total. The van der Waals surface area contributed by atoms with Crippen LogP contribution in [0.2, 0.25) is 0 Å². The number of benzene rings is 2. The number of aliphatic hydroxyl groups excluding tert-OH is 1. The van der Waals surface area contributed by atoms with Gasteiger partial charge in [-0.3, -0.25) is 9.59 Å². The van der Waals surface area contributed by atoms with Crippen LogP contribution < -0.4 is 15.4 Å². The third-order valence-electron chi connectivity index (χ3n) is 5.09. The van der Waals surface area contributed by atoms with Gasteiger partial charge in [-0.25, -0.2) is 0 Å². The normalized spacial score (nSPS) is 14.7. The lowest BCUT2D eigenvalue weighted by molar-refractivity contribution is -0.117. The minimum absolute atomic E-state index is 0.102. The van der Waals surface area contributed by atoms with E-state index in [9.17, 15) is 9.59 Å². The lowest BCUT2D eigenvalue weighted by Crippen LogP contribution is -2.36. The minimum Gasteiger partial charge on any atom is -0.493 e. The number of carbonyl (C=O) groups excluding carboxylic acids is 2. The molecule has 6 heteroatoms. The van der Waals surface area contributed by atoms with Crippen molar-refractivity contribution in [1.82, 2.24) is 10.6 Å². The maximum absolute atomic E-state index is 12.7. The molecule has 158 valence electrons. The Morgan fingerprint density at radius 3 is 2.37 bits per heavy atom. The van der Waals surface area contributed by atoms with Crippen LogP contribution >= 0.6 is 0 Å². The molecule has 0 aromatic heterocycles. The van der Waals surface area contributed by atoms with Gasteiger partial charge in [-0.05, 0) is 55.7 Å². The average Bonchev–Trinajstić information content (AvgIpc) is 3.49. The quantitative estimate of drug-likeness (QED) is 0.557. The van der Waals surface area contributed by atoms with E-state index in [1.54, 1.807) is 30.3 Å². The van der Waals surface area contributed by atoms with Crippen LogP contribution in [0.25, 0.3) is 6.08 Å². The Morgan fingerprint density at radius 2 is 1.77 bits per heavy atom. The molecule has 1 aliphatic carbocycles. The monoisotopic (exact) mass is 408 g/mol. The van der Waals surface area contributed by atoms with Crippen LogP contribution in [0.3, 0.4) is 0 Å². The Balaban J connectivity index is 1.70. The third kappa shape index (κ3) is 6.19. The van der Waals surface area contributed by atoms with Crippen LogP contribution in [0.5, 0.6) is 5.75 Å². The van der Waals surface area contributed by atoms with Crippen LogP contribution in [0.1, 0.15) is 41.3 Å². The molecule has 6 nitrogen and oxygen atoms in total. The summed E-state index contributed by atoms with van der Waals surface area (Å²) >= 11 is 0. The number of rotatable bonds is 9. The van der Waals surface area contributed by atoms with Crippen molar-refractivity contribution < 1.29 is 19.4 Å². The van der Waals surface area contributed by atoms with Gasteiger partial charge in [0.1, 0.15) is 11.4 Å². The summed E-state index contributed by atoms with van der Waals surface area (Å²) in [6, 6.07) is 14.5. The molecule has 0 saturated heterocycles. The van der Waals surface area contributed by atoms with E-state index in [4.69, 9.17) is 9.84 Å². The fraction of sp³-hybridized carbons (Fsp3) is 0.333.